The average molecular weight is 335 g/mol. The minimum absolute atomic E-state index is 0. The number of halogens is 4. The molecule has 1 aromatic rings. The molecule has 8 heteroatoms. The molecule has 0 aliphatic heterocycles. The molecule has 2 N–H and O–H groups in total. The number of hydrogen-bond donors (Lipinski definition) is 1. The van der Waals surface area contributed by atoms with E-state index in [0.717, 1.165) is 0 Å². The van der Waals surface area contributed by atoms with E-state index in [1.54, 1.807) is 0 Å². The summed E-state index contributed by atoms with van der Waals surface area (Å²) in [5.74, 6) is -5.66. The molecule has 0 radical (unpaired) electrons. The summed E-state index contributed by atoms with van der Waals surface area (Å²) in [5, 5.41) is 0. The van der Waals surface area contributed by atoms with E-state index in [-0.39, 0.29) is 29.4 Å². The van der Waals surface area contributed by atoms with Gasteiger partial charge in [0.2, 0.25) is 0 Å². The van der Waals surface area contributed by atoms with Gasteiger partial charge in [0.25, 0.3) is 0 Å². The lowest BCUT2D eigenvalue weighted by atomic mass is 10.1. The van der Waals surface area contributed by atoms with Crippen molar-refractivity contribution in [2.24, 2.45) is 5.73 Å². The van der Waals surface area contributed by atoms with Crippen LogP contribution in [0.5, 0.6) is 0 Å². The Morgan fingerprint density at radius 2 is 2.24 bits per heavy atom. The molecule has 0 spiro atoms. The number of rotatable bonds is 4. The van der Waals surface area contributed by atoms with Crippen LogP contribution in [0.4, 0.5) is 8.78 Å². The number of alkyl halides is 2. The Balaban J connectivity index is 0.00000256. The number of esters is 1. The van der Waals surface area contributed by atoms with E-state index in [4.69, 9.17) is 10.2 Å². The number of hydrogen-bond acceptors (Lipinski definition) is 4. The number of nitrogens with two attached hydrogens (primary N) is 1. The first-order chi connectivity index (χ1) is 7.39. The van der Waals surface area contributed by atoms with Crippen LogP contribution in [0.25, 0.3) is 0 Å². The first kappa shape index (κ1) is 16.3. The largest absolute Gasteiger partial charge is 0.462 e. The molecular weight excluding hydrogens is 323 g/mol. The molecule has 0 saturated heterocycles. The molecule has 0 aromatic carbocycles. The van der Waals surface area contributed by atoms with E-state index in [0.29, 0.717) is 0 Å². The van der Waals surface area contributed by atoms with E-state index in [9.17, 15) is 13.6 Å². The van der Waals surface area contributed by atoms with Gasteiger partial charge in [0.05, 0.1) is 6.61 Å². The van der Waals surface area contributed by atoms with Gasteiger partial charge in [-0.15, -0.1) is 12.4 Å². The first-order valence-electron chi connectivity index (χ1n) is 4.45. The van der Waals surface area contributed by atoms with Crippen LogP contribution in [-0.4, -0.2) is 18.5 Å². The van der Waals surface area contributed by atoms with Crippen LogP contribution in [0.2, 0.25) is 0 Å². The highest BCUT2D eigenvalue weighted by atomic mass is 79.9. The monoisotopic (exact) mass is 333 g/mol. The fourth-order valence-electron chi connectivity index (χ4n) is 1.03. The van der Waals surface area contributed by atoms with Crippen molar-refractivity contribution >= 4 is 34.3 Å². The van der Waals surface area contributed by atoms with Crippen LogP contribution in [0, 0.1) is 0 Å². The van der Waals surface area contributed by atoms with Gasteiger partial charge in [0, 0.05) is 0 Å². The van der Waals surface area contributed by atoms with Gasteiger partial charge in [-0.25, -0.2) is 4.79 Å². The third-order valence-corrected chi connectivity index (χ3v) is 2.26. The molecule has 0 aliphatic rings. The summed E-state index contributed by atoms with van der Waals surface area (Å²) in [5.41, 5.74) is 5.25. The lowest BCUT2D eigenvalue weighted by molar-refractivity contribution is -0.175. The lowest BCUT2D eigenvalue weighted by Gasteiger charge is -2.19. The Morgan fingerprint density at radius 1 is 1.65 bits per heavy atom. The SMILES string of the molecule is CCOC(=O)C(F)(F)[C@@H](N)c1ccc(Br)o1.Cl. The van der Waals surface area contributed by atoms with E-state index < -0.39 is 17.9 Å². The topological polar surface area (TPSA) is 65.5 Å². The zero-order valence-electron chi connectivity index (χ0n) is 8.78. The van der Waals surface area contributed by atoms with Crippen LogP contribution in [-0.2, 0) is 9.53 Å². The van der Waals surface area contributed by atoms with Crippen molar-refractivity contribution in [1.29, 1.82) is 0 Å². The number of carbonyl (C=O) groups excluding carboxylic acids is 1. The fourth-order valence-corrected chi connectivity index (χ4v) is 1.35. The second-order valence-corrected chi connectivity index (χ2v) is 3.74. The summed E-state index contributed by atoms with van der Waals surface area (Å²) in [7, 11) is 0. The van der Waals surface area contributed by atoms with E-state index in [1.807, 2.05) is 0 Å². The Kier molecular flexibility index (Phi) is 6.08. The zero-order valence-corrected chi connectivity index (χ0v) is 11.2. The van der Waals surface area contributed by atoms with E-state index >= 15 is 0 Å². The summed E-state index contributed by atoms with van der Waals surface area (Å²) in [6, 6.07) is 0.816. The van der Waals surface area contributed by atoms with Gasteiger partial charge in [0.15, 0.2) is 4.67 Å². The van der Waals surface area contributed by atoms with Gasteiger partial charge in [-0.3, -0.25) is 0 Å². The quantitative estimate of drug-likeness (QED) is 0.860. The summed E-state index contributed by atoms with van der Waals surface area (Å²) < 4.78 is 36.2. The molecule has 0 saturated carbocycles. The van der Waals surface area contributed by atoms with Crippen molar-refractivity contribution in [3.8, 4) is 0 Å². The zero-order chi connectivity index (χ0) is 12.3. The number of furan rings is 1. The molecule has 0 aliphatic carbocycles. The van der Waals surface area contributed by atoms with Crippen molar-refractivity contribution in [1.82, 2.24) is 0 Å². The highest BCUT2D eigenvalue weighted by Crippen LogP contribution is 2.32. The fraction of sp³-hybridized carbons (Fsp3) is 0.444. The molecule has 17 heavy (non-hydrogen) atoms. The predicted molar refractivity (Wildman–Crippen MR) is 62.2 cm³/mol. The second-order valence-electron chi connectivity index (χ2n) is 2.96. The molecule has 1 rings (SSSR count). The van der Waals surface area contributed by atoms with Gasteiger partial charge >= 0.3 is 11.9 Å². The Labute approximate surface area is 111 Å². The standard InChI is InChI=1S/C9H10BrF2NO3.ClH/c1-2-15-8(14)9(11,12)7(13)5-3-4-6(10)16-5;/h3-4,7H,2,13H2,1H3;1H/t7-;/m0./s1. The van der Waals surface area contributed by atoms with Gasteiger partial charge in [-0.1, -0.05) is 0 Å². The molecular formula is C9H11BrClF2NO3. The highest BCUT2D eigenvalue weighted by molar-refractivity contribution is 9.10. The average Bonchev–Trinajstić information content (AvgIpc) is 2.64. The van der Waals surface area contributed by atoms with Crippen molar-refractivity contribution < 1.29 is 22.7 Å². The summed E-state index contributed by atoms with van der Waals surface area (Å²) in [4.78, 5) is 11.0. The van der Waals surface area contributed by atoms with Crippen molar-refractivity contribution in [3.05, 3.63) is 22.6 Å². The van der Waals surface area contributed by atoms with Crippen molar-refractivity contribution in [3.63, 3.8) is 0 Å². The van der Waals surface area contributed by atoms with Gasteiger partial charge in [-0.2, -0.15) is 8.78 Å². The normalized spacial score (nSPS) is 12.8. The van der Waals surface area contributed by atoms with Crippen LogP contribution in [0.15, 0.2) is 21.2 Å². The Morgan fingerprint density at radius 3 is 2.65 bits per heavy atom. The van der Waals surface area contributed by atoms with Gasteiger partial charge < -0.3 is 14.9 Å². The van der Waals surface area contributed by atoms with Crippen molar-refractivity contribution in [2.75, 3.05) is 6.61 Å². The molecule has 1 heterocycles. The number of carbonyl (C=O) groups is 1. The van der Waals surface area contributed by atoms with E-state index in [2.05, 4.69) is 20.7 Å². The van der Waals surface area contributed by atoms with Gasteiger partial charge in [0.1, 0.15) is 11.8 Å². The lowest BCUT2D eigenvalue weighted by Crippen LogP contribution is -2.41. The molecule has 98 valence electrons. The Bertz CT molecular complexity index is 386. The summed E-state index contributed by atoms with van der Waals surface area (Å²) in [6.07, 6.45) is 0. The molecule has 0 unspecified atom stereocenters. The van der Waals surface area contributed by atoms with Crippen LogP contribution >= 0.6 is 28.3 Å². The maximum absolute atomic E-state index is 13.4. The predicted octanol–water partition coefficient (Wildman–Crippen LogP) is 2.66. The summed E-state index contributed by atoms with van der Waals surface area (Å²) in [6.45, 7) is 1.30. The molecule has 0 bridgehead atoms. The van der Waals surface area contributed by atoms with Crippen LogP contribution in [0.3, 0.4) is 0 Å². The third-order valence-electron chi connectivity index (χ3n) is 1.84. The summed E-state index contributed by atoms with van der Waals surface area (Å²) >= 11 is 2.95. The molecule has 0 fully saturated rings. The minimum atomic E-state index is -3.81. The van der Waals surface area contributed by atoms with Crippen LogP contribution < -0.4 is 5.73 Å². The number of ether oxygens (including phenoxy) is 1. The van der Waals surface area contributed by atoms with Crippen molar-refractivity contribution in [2.45, 2.75) is 18.9 Å². The second kappa shape index (κ2) is 6.32. The molecule has 4 nitrogen and oxygen atoms in total. The van der Waals surface area contributed by atoms with Crippen LogP contribution in [0.1, 0.15) is 18.7 Å². The van der Waals surface area contributed by atoms with E-state index in [1.165, 1.54) is 19.1 Å². The molecule has 1 aromatic heterocycles. The minimum Gasteiger partial charge on any atom is -0.462 e. The first-order valence-corrected chi connectivity index (χ1v) is 5.24. The Hall–Kier alpha value is -0.660. The molecule has 1 atom stereocenters. The third kappa shape index (κ3) is 3.65. The maximum Gasteiger partial charge on any atom is 0.379 e. The van der Waals surface area contributed by atoms with Gasteiger partial charge in [-0.05, 0) is 35.0 Å². The molecule has 0 amide bonds. The smallest absolute Gasteiger partial charge is 0.379 e. The maximum atomic E-state index is 13.4. The highest BCUT2D eigenvalue weighted by Gasteiger charge is 2.49.